The molecule has 2 heteroatoms. The van der Waals surface area contributed by atoms with Gasteiger partial charge in [-0.05, 0) is 19.4 Å². The van der Waals surface area contributed by atoms with Gasteiger partial charge in [-0.15, -0.1) is 0 Å². The van der Waals surface area contributed by atoms with Gasteiger partial charge < -0.3 is 0 Å². The van der Waals surface area contributed by atoms with Crippen molar-refractivity contribution in [3.8, 4) is 0 Å². The standard InChI is InChI=1S/C11H12BN/c1-8-9(2)13-11(12-8)10-6-4-3-5-7-10/h3-7,12H,1-2H3. The third-order valence-corrected chi connectivity index (χ3v) is 2.46. The van der Waals surface area contributed by atoms with Crippen LogP contribution in [0.3, 0.4) is 0 Å². The molecule has 1 aliphatic rings. The molecule has 0 bridgehead atoms. The summed E-state index contributed by atoms with van der Waals surface area (Å²) >= 11 is 0. The van der Waals surface area contributed by atoms with Gasteiger partial charge in [0, 0.05) is 11.3 Å². The predicted octanol–water partition coefficient (Wildman–Crippen LogP) is 2.13. The summed E-state index contributed by atoms with van der Waals surface area (Å²) in [6, 6.07) is 10.4. The van der Waals surface area contributed by atoms with Crippen molar-refractivity contribution >= 4 is 12.9 Å². The second-order valence-corrected chi connectivity index (χ2v) is 3.47. The number of nitrogens with zero attached hydrogens (tertiary/aromatic N) is 1. The van der Waals surface area contributed by atoms with Gasteiger partial charge in [0.05, 0.1) is 0 Å². The van der Waals surface area contributed by atoms with Crippen LogP contribution in [0.2, 0.25) is 0 Å². The number of aliphatic imine (C=N–C) groups is 1. The Balaban J connectivity index is 2.29. The molecule has 0 spiro atoms. The average Bonchev–Trinajstić information content (AvgIpc) is 2.49. The van der Waals surface area contributed by atoms with Crippen molar-refractivity contribution in [2.24, 2.45) is 4.99 Å². The highest BCUT2D eigenvalue weighted by atomic mass is 14.8. The molecule has 1 heterocycles. The molecule has 0 aromatic heterocycles. The largest absolute Gasteiger partial charge is 0.268 e. The molecule has 1 aromatic rings. The maximum absolute atomic E-state index is 4.54. The van der Waals surface area contributed by atoms with Crippen LogP contribution < -0.4 is 0 Å². The fraction of sp³-hybridized carbons (Fsp3) is 0.182. The van der Waals surface area contributed by atoms with Crippen LogP contribution >= 0.6 is 0 Å². The number of benzene rings is 1. The van der Waals surface area contributed by atoms with E-state index < -0.39 is 0 Å². The first-order valence-electron chi connectivity index (χ1n) is 4.57. The number of hydrogen-bond donors (Lipinski definition) is 0. The van der Waals surface area contributed by atoms with Crippen molar-refractivity contribution in [1.82, 2.24) is 0 Å². The topological polar surface area (TPSA) is 12.4 Å². The lowest BCUT2D eigenvalue weighted by Crippen LogP contribution is -2.07. The molecule has 0 saturated heterocycles. The highest BCUT2D eigenvalue weighted by Gasteiger charge is 2.13. The maximum Gasteiger partial charge on any atom is 0.213 e. The zero-order valence-electron chi connectivity index (χ0n) is 8.04. The van der Waals surface area contributed by atoms with Gasteiger partial charge in [-0.25, -0.2) is 0 Å². The minimum Gasteiger partial charge on any atom is -0.268 e. The van der Waals surface area contributed by atoms with Gasteiger partial charge in [0.1, 0.15) is 0 Å². The fourth-order valence-corrected chi connectivity index (χ4v) is 1.51. The zero-order chi connectivity index (χ0) is 9.26. The Morgan fingerprint density at radius 1 is 1.08 bits per heavy atom. The van der Waals surface area contributed by atoms with E-state index in [1.807, 2.05) is 6.07 Å². The third kappa shape index (κ3) is 1.57. The van der Waals surface area contributed by atoms with E-state index in [-0.39, 0.29) is 0 Å². The SMILES string of the molecule is CC1=C(C)N=C(c2ccccc2)B1. The van der Waals surface area contributed by atoms with E-state index in [4.69, 9.17) is 0 Å². The molecule has 0 amide bonds. The Bertz CT molecular complexity index is 376. The molecule has 0 fully saturated rings. The second-order valence-electron chi connectivity index (χ2n) is 3.47. The molecule has 0 N–H and O–H groups in total. The lowest BCUT2D eigenvalue weighted by Gasteiger charge is -1.98. The molecular weight excluding hydrogens is 157 g/mol. The number of hydrogen-bond acceptors (Lipinski definition) is 1. The Hall–Kier alpha value is -1.31. The summed E-state index contributed by atoms with van der Waals surface area (Å²) in [5.74, 6) is 0. The first-order chi connectivity index (χ1) is 6.27. The van der Waals surface area contributed by atoms with Gasteiger partial charge in [0.2, 0.25) is 7.28 Å². The van der Waals surface area contributed by atoms with Crippen LogP contribution in [0.25, 0.3) is 0 Å². The van der Waals surface area contributed by atoms with Gasteiger partial charge in [-0.3, -0.25) is 4.99 Å². The summed E-state index contributed by atoms with van der Waals surface area (Å²) in [5.41, 5.74) is 5.02. The Labute approximate surface area is 79.4 Å². The second kappa shape index (κ2) is 3.21. The average molecular weight is 169 g/mol. The van der Waals surface area contributed by atoms with Crippen molar-refractivity contribution in [2.45, 2.75) is 13.8 Å². The molecular formula is C11H12BN. The highest BCUT2D eigenvalue weighted by molar-refractivity contribution is 6.85. The minimum absolute atomic E-state index is 1.01. The summed E-state index contributed by atoms with van der Waals surface area (Å²) < 4.78 is 0. The van der Waals surface area contributed by atoms with Crippen molar-refractivity contribution in [2.75, 3.05) is 0 Å². The molecule has 1 nitrogen and oxygen atoms in total. The zero-order valence-corrected chi connectivity index (χ0v) is 8.04. The summed E-state index contributed by atoms with van der Waals surface area (Å²) in [7, 11) is 1.01. The quantitative estimate of drug-likeness (QED) is 0.571. The number of rotatable bonds is 1. The monoisotopic (exact) mass is 169 g/mol. The normalized spacial score (nSPS) is 15.7. The van der Waals surface area contributed by atoms with E-state index in [0.717, 1.165) is 7.28 Å². The van der Waals surface area contributed by atoms with Gasteiger partial charge in [0.25, 0.3) is 0 Å². The van der Waals surface area contributed by atoms with Crippen molar-refractivity contribution in [3.63, 3.8) is 0 Å². The molecule has 1 aromatic carbocycles. The fourth-order valence-electron chi connectivity index (χ4n) is 1.51. The third-order valence-electron chi connectivity index (χ3n) is 2.46. The molecule has 64 valence electrons. The molecule has 2 rings (SSSR count). The van der Waals surface area contributed by atoms with Crippen molar-refractivity contribution in [1.29, 1.82) is 0 Å². The highest BCUT2D eigenvalue weighted by Crippen LogP contribution is 2.15. The van der Waals surface area contributed by atoms with E-state index in [0.29, 0.717) is 0 Å². The van der Waals surface area contributed by atoms with Crippen molar-refractivity contribution < 1.29 is 0 Å². The molecule has 0 aliphatic carbocycles. The van der Waals surface area contributed by atoms with Gasteiger partial charge in [-0.1, -0.05) is 35.8 Å². The van der Waals surface area contributed by atoms with Crippen LogP contribution in [0.4, 0.5) is 0 Å². The molecule has 0 atom stereocenters. The van der Waals surface area contributed by atoms with Crippen LogP contribution in [0.1, 0.15) is 19.4 Å². The van der Waals surface area contributed by atoms with Gasteiger partial charge in [-0.2, -0.15) is 0 Å². The van der Waals surface area contributed by atoms with E-state index in [1.54, 1.807) is 0 Å². The summed E-state index contributed by atoms with van der Waals surface area (Å²) in [5, 5.41) is 0. The first kappa shape index (κ1) is 8.30. The van der Waals surface area contributed by atoms with Crippen LogP contribution in [0, 0.1) is 0 Å². The lowest BCUT2D eigenvalue weighted by molar-refractivity contribution is 1.29. The number of allylic oxidation sites excluding steroid dienone is 2. The minimum atomic E-state index is 1.01. The van der Waals surface area contributed by atoms with Crippen LogP contribution in [-0.2, 0) is 0 Å². The van der Waals surface area contributed by atoms with Crippen LogP contribution in [0.15, 0.2) is 46.5 Å². The molecule has 0 unspecified atom stereocenters. The first-order valence-corrected chi connectivity index (χ1v) is 4.57. The van der Waals surface area contributed by atoms with Crippen LogP contribution in [-0.4, -0.2) is 12.9 Å². The maximum atomic E-state index is 4.54. The van der Waals surface area contributed by atoms with E-state index in [2.05, 4.69) is 43.1 Å². The molecule has 13 heavy (non-hydrogen) atoms. The summed E-state index contributed by atoms with van der Waals surface area (Å²) in [6.45, 7) is 4.22. The predicted molar refractivity (Wildman–Crippen MR) is 58.5 cm³/mol. The Kier molecular flexibility index (Phi) is 2.05. The Morgan fingerprint density at radius 2 is 1.77 bits per heavy atom. The van der Waals surface area contributed by atoms with Crippen LogP contribution in [0.5, 0.6) is 0 Å². The lowest BCUT2D eigenvalue weighted by atomic mass is 9.65. The van der Waals surface area contributed by atoms with E-state index in [1.165, 1.54) is 22.3 Å². The van der Waals surface area contributed by atoms with E-state index >= 15 is 0 Å². The van der Waals surface area contributed by atoms with Crippen molar-refractivity contribution in [3.05, 3.63) is 47.1 Å². The van der Waals surface area contributed by atoms with E-state index in [9.17, 15) is 0 Å². The van der Waals surface area contributed by atoms with Gasteiger partial charge >= 0.3 is 0 Å². The molecule has 1 aliphatic heterocycles. The summed E-state index contributed by atoms with van der Waals surface area (Å²) in [6.07, 6.45) is 0. The smallest absolute Gasteiger partial charge is 0.213 e. The Morgan fingerprint density at radius 3 is 2.31 bits per heavy atom. The van der Waals surface area contributed by atoms with Gasteiger partial charge in [0.15, 0.2) is 0 Å². The molecule has 0 radical (unpaired) electrons. The molecule has 0 saturated carbocycles. The summed E-state index contributed by atoms with van der Waals surface area (Å²) in [4.78, 5) is 4.54.